The van der Waals surface area contributed by atoms with Gasteiger partial charge in [0.1, 0.15) is 11.9 Å². The summed E-state index contributed by atoms with van der Waals surface area (Å²) in [5, 5.41) is 2.76. The van der Waals surface area contributed by atoms with E-state index >= 15 is 0 Å². The van der Waals surface area contributed by atoms with Crippen molar-refractivity contribution in [3.63, 3.8) is 0 Å². The molecule has 0 spiro atoms. The molecular formula is C12H15ClFN3OS. The Morgan fingerprint density at radius 3 is 3.05 bits per heavy atom. The molecule has 0 saturated carbocycles. The Bertz CT molecular complexity index is 488. The summed E-state index contributed by atoms with van der Waals surface area (Å²) in [7, 11) is 1.85. The van der Waals surface area contributed by atoms with Crippen LogP contribution in [0, 0.1) is 5.82 Å². The van der Waals surface area contributed by atoms with Gasteiger partial charge in [0.15, 0.2) is 0 Å². The van der Waals surface area contributed by atoms with Crippen LogP contribution in [0.2, 0.25) is 5.02 Å². The average molecular weight is 304 g/mol. The zero-order chi connectivity index (χ0) is 14.0. The van der Waals surface area contributed by atoms with Crippen molar-refractivity contribution in [2.75, 3.05) is 12.4 Å². The number of amides is 1. The van der Waals surface area contributed by atoms with Crippen LogP contribution in [-0.4, -0.2) is 29.3 Å². The number of rotatable bonds is 2. The molecule has 2 unspecified atom stereocenters. The van der Waals surface area contributed by atoms with E-state index in [9.17, 15) is 9.18 Å². The average Bonchev–Trinajstić information content (AvgIpc) is 2.36. The molecule has 1 saturated heterocycles. The molecule has 0 aromatic heterocycles. The molecule has 104 valence electrons. The summed E-state index contributed by atoms with van der Waals surface area (Å²) in [6.45, 7) is 2.02. The van der Waals surface area contributed by atoms with Gasteiger partial charge < -0.3 is 5.32 Å². The highest BCUT2D eigenvalue weighted by Gasteiger charge is 2.30. The SMILES string of the molecule is CC1CC(C(=O)Nc2ccc(F)c(Cl)c2)N(C)SN1. The Kier molecular flexibility index (Phi) is 4.67. The summed E-state index contributed by atoms with van der Waals surface area (Å²) in [6.07, 6.45) is 0.713. The molecule has 19 heavy (non-hydrogen) atoms. The van der Waals surface area contributed by atoms with Gasteiger partial charge >= 0.3 is 0 Å². The minimum atomic E-state index is -0.497. The minimum Gasteiger partial charge on any atom is -0.325 e. The van der Waals surface area contributed by atoms with Crippen molar-refractivity contribution in [1.82, 2.24) is 9.03 Å². The lowest BCUT2D eigenvalue weighted by Crippen LogP contribution is -2.48. The molecule has 0 radical (unpaired) electrons. The molecule has 2 N–H and O–H groups in total. The van der Waals surface area contributed by atoms with Crippen LogP contribution < -0.4 is 10.0 Å². The number of carbonyl (C=O) groups is 1. The first-order valence-corrected chi connectivity index (χ1v) is 7.03. The smallest absolute Gasteiger partial charge is 0.242 e. The van der Waals surface area contributed by atoms with Gasteiger partial charge in [-0.2, -0.15) is 0 Å². The third-order valence-electron chi connectivity index (χ3n) is 2.90. The lowest BCUT2D eigenvalue weighted by molar-refractivity contribution is -0.119. The minimum absolute atomic E-state index is 0.000733. The standard InChI is InChI=1S/C12H15ClFN3OS/c1-7-5-11(17(2)19-16-7)12(18)15-8-3-4-10(14)9(13)6-8/h3-4,6-7,11,16H,5H2,1-2H3,(H,15,18). The predicted octanol–water partition coefficient (Wildman–Crippen LogP) is 2.66. The van der Waals surface area contributed by atoms with E-state index in [1.165, 1.54) is 30.3 Å². The highest BCUT2D eigenvalue weighted by Crippen LogP contribution is 2.23. The molecule has 0 aliphatic carbocycles. The lowest BCUT2D eigenvalue weighted by atomic mass is 10.1. The molecule has 4 nitrogen and oxygen atoms in total. The van der Waals surface area contributed by atoms with Crippen molar-refractivity contribution in [2.45, 2.75) is 25.4 Å². The van der Waals surface area contributed by atoms with Crippen molar-refractivity contribution in [2.24, 2.45) is 0 Å². The van der Waals surface area contributed by atoms with E-state index in [0.717, 1.165) is 0 Å². The first-order chi connectivity index (χ1) is 8.97. The van der Waals surface area contributed by atoms with E-state index in [4.69, 9.17) is 11.6 Å². The molecule has 1 fully saturated rings. The summed E-state index contributed by atoms with van der Waals surface area (Å²) in [5.41, 5.74) is 0.501. The van der Waals surface area contributed by atoms with E-state index in [0.29, 0.717) is 12.1 Å². The van der Waals surface area contributed by atoms with E-state index in [-0.39, 0.29) is 23.0 Å². The number of hydrogen-bond donors (Lipinski definition) is 2. The van der Waals surface area contributed by atoms with Crippen molar-refractivity contribution in [3.8, 4) is 0 Å². The predicted molar refractivity (Wildman–Crippen MR) is 76.4 cm³/mol. The van der Waals surface area contributed by atoms with Crippen molar-refractivity contribution >= 4 is 35.3 Å². The highest BCUT2D eigenvalue weighted by atomic mass is 35.5. The topological polar surface area (TPSA) is 44.4 Å². The summed E-state index contributed by atoms with van der Waals surface area (Å²) < 4.78 is 18.1. The van der Waals surface area contributed by atoms with Crippen molar-refractivity contribution < 1.29 is 9.18 Å². The first-order valence-electron chi connectivity index (χ1n) is 5.88. The number of halogens is 2. The molecule has 1 amide bonds. The van der Waals surface area contributed by atoms with E-state index in [1.54, 1.807) is 0 Å². The zero-order valence-corrected chi connectivity index (χ0v) is 12.2. The molecule has 1 aliphatic rings. The van der Waals surface area contributed by atoms with Crippen LogP contribution in [0.5, 0.6) is 0 Å². The monoisotopic (exact) mass is 303 g/mol. The molecule has 7 heteroatoms. The maximum absolute atomic E-state index is 13.0. The number of carbonyl (C=O) groups excluding carboxylic acids is 1. The van der Waals surface area contributed by atoms with Crippen LogP contribution >= 0.6 is 23.7 Å². The molecule has 1 aromatic carbocycles. The third kappa shape index (κ3) is 3.60. The van der Waals surface area contributed by atoms with Gasteiger partial charge in [-0.25, -0.2) is 13.4 Å². The van der Waals surface area contributed by atoms with Crippen LogP contribution in [0.4, 0.5) is 10.1 Å². The molecule has 1 aromatic rings. The summed E-state index contributed by atoms with van der Waals surface area (Å²) in [5.74, 6) is -0.617. The van der Waals surface area contributed by atoms with Crippen LogP contribution in [-0.2, 0) is 4.79 Å². The molecule has 2 rings (SSSR count). The van der Waals surface area contributed by atoms with Gasteiger partial charge in [-0.05, 0) is 38.6 Å². The van der Waals surface area contributed by atoms with Crippen LogP contribution in [0.15, 0.2) is 18.2 Å². The van der Waals surface area contributed by atoms with Crippen molar-refractivity contribution in [3.05, 3.63) is 29.0 Å². The number of likely N-dealkylation sites (N-methyl/N-ethyl adjacent to an activating group) is 1. The molecule has 1 heterocycles. The van der Waals surface area contributed by atoms with E-state index in [2.05, 4.69) is 10.0 Å². The largest absolute Gasteiger partial charge is 0.325 e. The zero-order valence-electron chi connectivity index (χ0n) is 10.6. The summed E-state index contributed by atoms with van der Waals surface area (Å²) in [4.78, 5) is 12.2. The Morgan fingerprint density at radius 2 is 2.37 bits per heavy atom. The maximum atomic E-state index is 13.0. The fraction of sp³-hybridized carbons (Fsp3) is 0.417. The fourth-order valence-electron chi connectivity index (χ4n) is 1.84. The number of nitrogens with one attached hydrogen (secondary N) is 2. The second kappa shape index (κ2) is 6.09. The van der Waals surface area contributed by atoms with Crippen molar-refractivity contribution in [1.29, 1.82) is 0 Å². The van der Waals surface area contributed by atoms with Crippen LogP contribution in [0.3, 0.4) is 0 Å². The van der Waals surface area contributed by atoms with Gasteiger partial charge in [0.25, 0.3) is 0 Å². The van der Waals surface area contributed by atoms with Crippen LogP contribution in [0.25, 0.3) is 0 Å². The second-order valence-electron chi connectivity index (χ2n) is 4.53. The molecular weight excluding hydrogens is 289 g/mol. The summed E-state index contributed by atoms with van der Waals surface area (Å²) >= 11 is 7.10. The Balaban J connectivity index is 2.05. The third-order valence-corrected chi connectivity index (χ3v) is 4.24. The lowest BCUT2D eigenvalue weighted by Gasteiger charge is -2.33. The van der Waals surface area contributed by atoms with Gasteiger partial charge in [-0.3, -0.25) is 4.79 Å². The maximum Gasteiger partial charge on any atom is 0.242 e. The molecule has 2 atom stereocenters. The van der Waals surface area contributed by atoms with Gasteiger partial charge in [0, 0.05) is 23.9 Å². The molecule has 1 aliphatic heterocycles. The van der Waals surface area contributed by atoms with E-state index < -0.39 is 5.82 Å². The van der Waals surface area contributed by atoms with Gasteiger partial charge in [-0.15, -0.1) is 0 Å². The highest BCUT2D eigenvalue weighted by molar-refractivity contribution is 7.95. The second-order valence-corrected chi connectivity index (χ2v) is 5.93. The first kappa shape index (κ1) is 14.6. The Hall–Kier alpha value is -0.820. The molecule has 0 bridgehead atoms. The van der Waals surface area contributed by atoms with Crippen LogP contribution in [0.1, 0.15) is 13.3 Å². The van der Waals surface area contributed by atoms with Gasteiger partial charge in [-0.1, -0.05) is 11.6 Å². The van der Waals surface area contributed by atoms with Gasteiger partial charge in [0.05, 0.1) is 5.02 Å². The van der Waals surface area contributed by atoms with E-state index in [1.807, 2.05) is 18.3 Å². The fourth-order valence-corrected chi connectivity index (χ4v) is 2.77. The Labute approximate surface area is 120 Å². The number of nitrogens with zero attached hydrogens (tertiary/aromatic N) is 1. The number of benzene rings is 1. The Morgan fingerprint density at radius 1 is 1.63 bits per heavy atom. The quantitative estimate of drug-likeness (QED) is 0.825. The summed E-state index contributed by atoms with van der Waals surface area (Å²) in [6, 6.07) is 4.17. The van der Waals surface area contributed by atoms with Gasteiger partial charge in [0.2, 0.25) is 5.91 Å². The number of hydrogen-bond acceptors (Lipinski definition) is 4. The normalized spacial score (nSPS) is 24.2. The number of anilines is 1.